The second-order valence-corrected chi connectivity index (χ2v) is 18.0. The van der Waals surface area contributed by atoms with Crippen molar-refractivity contribution in [1.82, 2.24) is 0 Å². The van der Waals surface area contributed by atoms with E-state index in [1.807, 2.05) is 0 Å². The summed E-state index contributed by atoms with van der Waals surface area (Å²) < 4.78 is 0. The SMILES string of the molecule is [O-]c1ccccc1-c1ccccc1[O-].[O-]c1ccccc1-c1ccccc1[O-].[O-]c1ccccc1-c1ccccc1[O-].[O-]c1ccccc1-c1ccccc1[O-].[O-]c1ccccc1-c1ccccc1[O-].[O-]c1ccccc1-c1ccccc1[O-].[W].[W]. The van der Waals surface area contributed by atoms with Gasteiger partial charge in [0.1, 0.15) is 0 Å². The smallest absolute Gasteiger partial charge is 0 e. The van der Waals surface area contributed by atoms with Crippen LogP contribution < -0.4 is 61.3 Å². The molecule has 0 N–H and O–H groups in total. The molecule has 86 heavy (non-hydrogen) atoms. The van der Waals surface area contributed by atoms with Crippen LogP contribution in [0.25, 0.3) is 66.8 Å². The summed E-state index contributed by atoms with van der Waals surface area (Å²) in [5, 5.41) is 137. The first-order chi connectivity index (χ1) is 40.7. The van der Waals surface area contributed by atoms with Crippen LogP contribution in [0.3, 0.4) is 0 Å². The molecule has 0 saturated carbocycles. The molecule has 0 aliphatic carbocycles. The van der Waals surface area contributed by atoms with Crippen LogP contribution in [0.5, 0.6) is 69.0 Å². The number of hydrogen-bond acceptors (Lipinski definition) is 12. The van der Waals surface area contributed by atoms with Crippen molar-refractivity contribution >= 4 is 0 Å². The van der Waals surface area contributed by atoms with E-state index in [9.17, 15) is 61.3 Å². The van der Waals surface area contributed by atoms with Gasteiger partial charge < -0.3 is 61.3 Å². The van der Waals surface area contributed by atoms with E-state index in [0.717, 1.165) is 0 Å². The summed E-state index contributed by atoms with van der Waals surface area (Å²) >= 11 is 0. The summed E-state index contributed by atoms with van der Waals surface area (Å²) in [6.07, 6.45) is 0. The molecule has 0 unspecified atom stereocenters. The normalized spacial score (nSPS) is 9.77. The Morgan fingerprint density at radius 2 is 0.163 bits per heavy atom. The van der Waals surface area contributed by atoms with E-state index in [-0.39, 0.29) is 111 Å². The molecule has 0 aromatic heterocycles. The second-order valence-electron chi connectivity index (χ2n) is 18.0. The Hall–Kier alpha value is -10.4. The quantitative estimate of drug-likeness (QED) is 0.151. The molecule has 0 aliphatic heterocycles. The third-order valence-electron chi connectivity index (χ3n) is 12.4. The average molecular weight is 1470 g/mol. The van der Waals surface area contributed by atoms with Gasteiger partial charge in [0.15, 0.2) is 0 Å². The molecule has 14 heteroatoms. The third-order valence-corrected chi connectivity index (χ3v) is 12.4. The molecule has 12 aromatic rings. The first-order valence-corrected chi connectivity index (χ1v) is 25.9. The van der Waals surface area contributed by atoms with Gasteiger partial charge in [-0.15, -0.1) is 69.0 Å². The molecule has 0 saturated heterocycles. The van der Waals surface area contributed by atoms with Crippen molar-refractivity contribution < 1.29 is 103 Å². The van der Waals surface area contributed by atoms with Gasteiger partial charge in [-0.25, -0.2) is 0 Å². The molecular formula is C72H48O12W2-12. The molecule has 12 aromatic carbocycles. The van der Waals surface area contributed by atoms with E-state index in [0.29, 0.717) is 66.8 Å². The van der Waals surface area contributed by atoms with E-state index in [1.165, 1.54) is 72.8 Å². The maximum Gasteiger partial charge on any atom is 0 e. The van der Waals surface area contributed by atoms with Crippen molar-refractivity contribution in [3.8, 4) is 136 Å². The Labute approximate surface area is 526 Å². The Bertz CT molecular complexity index is 3120. The van der Waals surface area contributed by atoms with Crippen LogP contribution in [0, 0.1) is 0 Å². The Kier molecular flexibility index (Phi) is 26.0. The second kappa shape index (κ2) is 33.7. The minimum atomic E-state index is -0.115. The summed E-state index contributed by atoms with van der Waals surface area (Å²) in [5.74, 6) is -1.38. The molecule has 0 bridgehead atoms. The minimum Gasteiger partial charge on any atom is -0.872 e. The van der Waals surface area contributed by atoms with Crippen molar-refractivity contribution in [2.24, 2.45) is 0 Å². The summed E-state index contributed by atoms with van der Waals surface area (Å²) in [6, 6.07) is 78.5. The Balaban J connectivity index is 0.000000187. The molecule has 0 amide bonds. The number of benzene rings is 12. The summed E-state index contributed by atoms with van der Waals surface area (Å²) in [6.45, 7) is 0. The largest absolute Gasteiger partial charge is 0.872 e. The summed E-state index contributed by atoms with van der Waals surface area (Å²) in [5.41, 5.74) is 5.65. The third kappa shape index (κ3) is 18.3. The van der Waals surface area contributed by atoms with Crippen LogP contribution in [-0.2, 0) is 42.1 Å². The van der Waals surface area contributed by atoms with Gasteiger partial charge in [-0.05, 0) is 66.8 Å². The van der Waals surface area contributed by atoms with Crippen LogP contribution in [0.1, 0.15) is 0 Å². The zero-order chi connectivity index (χ0) is 59.8. The van der Waals surface area contributed by atoms with Crippen LogP contribution in [-0.4, -0.2) is 0 Å². The van der Waals surface area contributed by atoms with Crippen molar-refractivity contribution in [2.75, 3.05) is 0 Å². The van der Waals surface area contributed by atoms with Crippen LogP contribution in [0.2, 0.25) is 0 Å². The predicted molar refractivity (Wildman–Crippen MR) is 305 cm³/mol. The maximum atomic E-state index is 11.4. The summed E-state index contributed by atoms with van der Waals surface area (Å²) in [7, 11) is 0. The Morgan fingerprint density at radius 3 is 0.221 bits per heavy atom. The van der Waals surface area contributed by atoms with E-state index < -0.39 is 0 Å². The standard InChI is InChI=1S/6C12H10O2.2W/c6*13-11-7-3-1-5-9(11)10-6-2-4-8-12(10)14;;/h6*1-8,13-14H;;/p-12. The van der Waals surface area contributed by atoms with Crippen molar-refractivity contribution in [3.63, 3.8) is 0 Å². The zero-order valence-corrected chi connectivity index (χ0v) is 51.3. The van der Waals surface area contributed by atoms with Gasteiger partial charge in [0.2, 0.25) is 0 Å². The van der Waals surface area contributed by atoms with Crippen LogP contribution in [0.4, 0.5) is 0 Å². The van der Waals surface area contributed by atoms with Gasteiger partial charge in [0, 0.05) is 42.1 Å². The Morgan fingerprint density at radius 1 is 0.105 bits per heavy atom. The summed E-state index contributed by atoms with van der Waals surface area (Å²) in [4.78, 5) is 0. The van der Waals surface area contributed by atoms with Crippen molar-refractivity contribution in [3.05, 3.63) is 291 Å². The fraction of sp³-hybridized carbons (Fsp3) is 0. The fourth-order valence-corrected chi connectivity index (χ4v) is 8.27. The maximum absolute atomic E-state index is 11.4. The van der Waals surface area contributed by atoms with Gasteiger partial charge in [-0.2, -0.15) is 0 Å². The first-order valence-electron chi connectivity index (χ1n) is 25.9. The van der Waals surface area contributed by atoms with Gasteiger partial charge in [-0.3, -0.25) is 0 Å². The zero-order valence-electron chi connectivity index (χ0n) is 45.4. The first kappa shape index (κ1) is 66.4. The minimum absolute atomic E-state index is 0. The molecule has 12 rings (SSSR count). The molecule has 12 nitrogen and oxygen atoms in total. The molecule has 0 aliphatic rings. The molecule has 0 heterocycles. The molecular weight excluding hydrogens is 1420 g/mol. The van der Waals surface area contributed by atoms with Gasteiger partial charge in [0.05, 0.1) is 0 Å². The van der Waals surface area contributed by atoms with E-state index in [1.54, 1.807) is 218 Å². The number of rotatable bonds is 6. The fourth-order valence-electron chi connectivity index (χ4n) is 8.27. The average Bonchev–Trinajstić information content (AvgIpc) is 3.27. The molecule has 0 radical (unpaired) electrons. The van der Waals surface area contributed by atoms with Crippen molar-refractivity contribution in [1.29, 1.82) is 0 Å². The predicted octanol–water partition coefficient (Wildman–Crippen LogP) is 9.00. The molecule has 0 atom stereocenters. The topological polar surface area (TPSA) is 277 Å². The molecule has 0 spiro atoms. The molecule has 432 valence electrons. The van der Waals surface area contributed by atoms with Crippen LogP contribution >= 0.6 is 0 Å². The van der Waals surface area contributed by atoms with Gasteiger partial charge in [-0.1, -0.05) is 291 Å². The van der Waals surface area contributed by atoms with E-state index in [2.05, 4.69) is 0 Å². The van der Waals surface area contributed by atoms with Crippen molar-refractivity contribution in [2.45, 2.75) is 0 Å². The monoisotopic (exact) mass is 1470 g/mol. The van der Waals surface area contributed by atoms with Crippen LogP contribution in [0.15, 0.2) is 291 Å². The van der Waals surface area contributed by atoms with E-state index in [4.69, 9.17) is 0 Å². The number of hydrogen-bond donors (Lipinski definition) is 0. The van der Waals surface area contributed by atoms with Gasteiger partial charge in [0.25, 0.3) is 0 Å². The van der Waals surface area contributed by atoms with E-state index >= 15 is 0 Å². The molecule has 0 fully saturated rings. The number of para-hydroxylation sites is 12. The van der Waals surface area contributed by atoms with Gasteiger partial charge >= 0.3 is 0 Å².